The number of aromatic nitrogens is 1. The Morgan fingerprint density at radius 2 is 1.88 bits per heavy atom. The highest BCUT2D eigenvalue weighted by molar-refractivity contribution is 6.41. The molecule has 0 aliphatic carbocycles. The minimum Gasteiger partial charge on any atom is -0.378 e. The van der Waals surface area contributed by atoms with Crippen LogP contribution in [0.25, 0.3) is 10.9 Å². The monoisotopic (exact) mass is 275 g/mol. The van der Waals surface area contributed by atoms with Gasteiger partial charge in [0.25, 0.3) is 0 Å². The number of rotatable bonds is 2. The molecule has 0 saturated heterocycles. The Hall–Kier alpha value is -0.540. The van der Waals surface area contributed by atoms with Gasteiger partial charge in [0.05, 0.1) is 27.9 Å². The van der Waals surface area contributed by atoms with Crippen LogP contribution in [-0.4, -0.2) is 12.1 Å². The number of benzene rings is 1. The zero-order valence-electron chi connectivity index (χ0n) is 8.43. The Morgan fingerprint density at radius 3 is 2.56 bits per heavy atom. The van der Waals surface area contributed by atoms with E-state index in [1.165, 1.54) is 0 Å². The molecule has 0 bridgehead atoms. The van der Waals surface area contributed by atoms with Gasteiger partial charge in [-0.25, -0.2) is 4.98 Å². The molecule has 0 amide bonds. The maximum Gasteiger partial charge on any atom is 0.0908 e. The summed E-state index contributed by atoms with van der Waals surface area (Å²) in [7, 11) is 1.60. The van der Waals surface area contributed by atoms with E-state index in [1.54, 1.807) is 25.3 Å². The molecule has 0 aliphatic rings. The molecule has 0 unspecified atom stereocenters. The molecule has 0 spiro atoms. The highest BCUT2D eigenvalue weighted by Gasteiger charge is 2.08. The minimum atomic E-state index is 0.397. The predicted octanol–water partition coefficient (Wildman–Crippen LogP) is 4.34. The molecule has 1 heterocycles. The van der Waals surface area contributed by atoms with Crippen LogP contribution in [0.2, 0.25) is 15.1 Å². The molecule has 16 heavy (non-hydrogen) atoms. The summed E-state index contributed by atoms with van der Waals surface area (Å²) in [4.78, 5) is 4.37. The van der Waals surface area contributed by atoms with E-state index >= 15 is 0 Å². The Morgan fingerprint density at radius 1 is 1.12 bits per heavy atom. The van der Waals surface area contributed by atoms with E-state index in [4.69, 9.17) is 39.5 Å². The van der Waals surface area contributed by atoms with Crippen molar-refractivity contribution < 1.29 is 4.74 Å². The van der Waals surface area contributed by atoms with Crippen molar-refractivity contribution in [1.29, 1.82) is 0 Å². The molecular weight excluding hydrogens is 268 g/mol. The fourth-order valence-electron chi connectivity index (χ4n) is 1.48. The van der Waals surface area contributed by atoms with Crippen molar-refractivity contribution in [3.05, 3.63) is 39.0 Å². The largest absolute Gasteiger partial charge is 0.378 e. The van der Waals surface area contributed by atoms with Gasteiger partial charge in [0.2, 0.25) is 0 Å². The molecule has 0 atom stereocenters. The van der Waals surface area contributed by atoms with Gasteiger partial charge >= 0.3 is 0 Å². The second kappa shape index (κ2) is 4.76. The summed E-state index contributed by atoms with van der Waals surface area (Å²) < 4.78 is 5.01. The first-order chi connectivity index (χ1) is 7.61. The first kappa shape index (κ1) is 11.9. The number of pyridine rings is 1. The van der Waals surface area contributed by atoms with Gasteiger partial charge < -0.3 is 4.74 Å². The van der Waals surface area contributed by atoms with Crippen LogP contribution in [0, 0.1) is 0 Å². The summed E-state index contributed by atoms with van der Waals surface area (Å²) in [5, 5.41) is 2.35. The highest BCUT2D eigenvalue weighted by atomic mass is 35.5. The summed E-state index contributed by atoms with van der Waals surface area (Å²) in [6.45, 7) is 0.397. The lowest BCUT2D eigenvalue weighted by atomic mass is 10.2. The minimum absolute atomic E-state index is 0.397. The summed E-state index contributed by atoms with van der Waals surface area (Å²) in [5.74, 6) is 0. The molecule has 2 aromatic rings. The van der Waals surface area contributed by atoms with Crippen LogP contribution < -0.4 is 0 Å². The van der Waals surface area contributed by atoms with Crippen LogP contribution in [-0.2, 0) is 11.3 Å². The smallest absolute Gasteiger partial charge is 0.0908 e. The van der Waals surface area contributed by atoms with Crippen molar-refractivity contribution in [2.75, 3.05) is 7.11 Å². The average molecular weight is 277 g/mol. The third kappa shape index (κ3) is 2.25. The van der Waals surface area contributed by atoms with Crippen LogP contribution in [0.15, 0.2) is 18.2 Å². The summed E-state index contributed by atoms with van der Waals surface area (Å²) in [5.41, 5.74) is 1.38. The number of ether oxygens (including phenoxy) is 1. The zero-order valence-corrected chi connectivity index (χ0v) is 10.7. The molecule has 1 aromatic carbocycles. The summed E-state index contributed by atoms with van der Waals surface area (Å²) in [6.07, 6.45) is 0. The topological polar surface area (TPSA) is 22.1 Å². The van der Waals surface area contributed by atoms with Crippen LogP contribution >= 0.6 is 34.8 Å². The predicted molar refractivity (Wildman–Crippen MR) is 67.5 cm³/mol. The molecule has 0 saturated carbocycles. The standard InChI is InChI=1S/C11H8Cl3NO/c1-16-5-7-4-9(13)8-2-6(12)3-10(14)11(8)15-7/h2-4H,5H2,1H3. The van der Waals surface area contributed by atoms with Crippen molar-refractivity contribution in [3.63, 3.8) is 0 Å². The highest BCUT2D eigenvalue weighted by Crippen LogP contribution is 2.31. The fraction of sp³-hybridized carbons (Fsp3) is 0.182. The van der Waals surface area contributed by atoms with Gasteiger partial charge in [-0.05, 0) is 18.2 Å². The van der Waals surface area contributed by atoms with Crippen LogP contribution in [0.5, 0.6) is 0 Å². The molecule has 84 valence electrons. The normalized spacial score (nSPS) is 11.0. The fourth-order valence-corrected chi connectivity index (χ4v) is 2.29. The van der Waals surface area contributed by atoms with Crippen molar-refractivity contribution in [2.45, 2.75) is 6.61 Å². The summed E-state index contributed by atoms with van der Waals surface area (Å²) in [6, 6.07) is 5.14. The number of halogens is 3. The second-order valence-electron chi connectivity index (χ2n) is 3.31. The third-order valence-electron chi connectivity index (χ3n) is 2.13. The Kier molecular flexibility index (Phi) is 3.55. The van der Waals surface area contributed by atoms with Crippen LogP contribution in [0.4, 0.5) is 0 Å². The van der Waals surface area contributed by atoms with Gasteiger partial charge in [0.1, 0.15) is 0 Å². The van der Waals surface area contributed by atoms with Gasteiger partial charge in [-0.15, -0.1) is 0 Å². The Bertz CT molecular complexity index is 542. The van der Waals surface area contributed by atoms with E-state index in [0.717, 1.165) is 11.1 Å². The van der Waals surface area contributed by atoms with E-state index in [9.17, 15) is 0 Å². The zero-order chi connectivity index (χ0) is 11.7. The number of methoxy groups -OCH3 is 1. The molecule has 0 radical (unpaired) electrons. The van der Waals surface area contributed by atoms with Gasteiger partial charge in [0, 0.05) is 17.5 Å². The van der Waals surface area contributed by atoms with Crippen LogP contribution in [0.3, 0.4) is 0 Å². The van der Waals surface area contributed by atoms with Gasteiger partial charge in [0.15, 0.2) is 0 Å². The number of nitrogens with zero attached hydrogens (tertiary/aromatic N) is 1. The van der Waals surface area contributed by atoms with E-state index in [2.05, 4.69) is 4.98 Å². The molecule has 0 aliphatic heterocycles. The quantitative estimate of drug-likeness (QED) is 0.814. The lowest BCUT2D eigenvalue weighted by molar-refractivity contribution is 0.182. The van der Waals surface area contributed by atoms with Crippen molar-refractivity contribution in [2.24, 2.45) is 0 Å². The van der Waals surface area contributed by atoms with Gasteiger partial charge in [-0.1, -0.05) is 34.8 Å². The van der Waals surface area contributed by atoms with Crippen molar-refractivity contribution >= 4 is 45.7 Å². The first-order valence-corrected chi connectivity index (χ1v) is 5.68. The molecule has 0 N–H and O–H groups in total. The van der Waals surface area contributed by atoms with E-state index < -0.39 is 0 Å². The van der Waals surface area contributed by atoms with E-state index in [1.807, 2.05) is 0 Å². The lowest BCUT2D eigenvalue weighted by Crippen LogP contribution is -1.93. The summed E-state index contributed by atoms with van der Waals surface area (Å²) >= 11 is 18.1. The number of hydrogen-bond donors (Lipinski definition) is 0. The third-order valence-corrected chi connectivity index (χ3v) is 2.95. The van der Waals surface area contributed by atoms with Crippen LogP contribution in [0.1, 0.15) is 5.69 Å². The van der Waals surface area contributed by atoms with E-state index in [-0.39, 0.29) is 0 Å². The molecule has 1 aromatic heterocycles. The van der Waals surface area contributed by atoms with Crippen molar-refractivity contribution in [1.82, 2.24) is 4.98 Å². The molecule has 2 rings (SSSR count). The van der Waals surface area contributed by atoms with E-state index in [0.29, 0.717) is 27.2 Å². The first-order valence-electron chi connectivity index (χ1n) is 4.55. The molecular formula is C11H8Cl3NO. The van der Waals surface area contributed by atoms with Crippen molar-refractivity contribution in [3.8, 4) is 0 Å². The van der Waals surface area contributed by atoms with Gasteiger partial charge in [-0.3, -0.25) is 0 Å². The average Bonchev–Trinajstić information content (AvgIpc) is 2.20. The SMILES string of the molecule is COCc1cc(Cl)c2cc(Cl)cc(Cl)c2n1. The molecule has 2 nitrogen and oxygen atoms in total. The maximum absolute atomic E-state index is 6.13. The maximum atomic E-state index is 6.13. The second-order valence-corrected chi connectivity index (χ2v) is 4.56. The lowest BCUT2D eigenvalue weighted by Gasteiger charge is -2.06. The molecule has 5 heteroatoms. The Labute approximate surface area is 108 Å². The Balaban J connectivity index is 2.71. The van der Waals surface area contributed by atoms with Gasteiger partial charge in [-0.2, -0.15) is 0 Å². The number of hydrogen-bond acceptors (Lipinski definition) is 2. The molecule has 0 fully saturated rings. The number of fused-ring (bicyclic) bond motifs is 1.